The van der Waals surface area contributed by atoms with Crippen molar-refractivity contribution in [3.05, 3.63) is 41.9 Å². The molecule has 9 heteroatoms. The molecule has 4 unspecified atom stereocenters. The van der Waals surface area contributed by atoms with Gasteiger partial charge in [0.2, 0.25) is 6.10 Å². The maximum absolute atomic E-state index is 12.8. The van der Waals surface area contributed by atoms with Gasteiger partial charge in [-0.15, -0.1) is 0 Å². The molecule has 2 aliphatic heterocycles. The molecule has 29 heavy (non-hydrogen) atoms. The molecular formula is C20H22N3O6+. The topological polar surface area (TPSA) is 126 Å². The molecule has 0 aromatic carbocycles. The number of hydrogen-bond donors (Lipinski definition) is 2. The monoisotopic (exact) mass is 400 g/mol. The molecule has 4 rings (SSSR count). The van der Waals surface area contributed by atoms with Gasteiger partial charge in [-0.2, -0.15) is 0 Å². The number of nitrogens with zero attached hydrogens (tertiary/aromatic N) is 2. The molecule has 4 atom stereocenters. The SMILES string of the molecule is CCc1coc2cnc(C(=O)NC3CN4CC(OC(=[OH+])/C=C/C(=O)O)C3C4)cc12. The number of rotatable bonds is 6. The molecule has 2 aromatic rings. The largest absolute Gasteiger partial charge is 0.510 e. The van der Waals surface area contributed by atoms with Crippen LogP contribution in [0.4, 0.5) is 0 Å². The molecule has 2 aromatic heterocycles. The third kappa shape index (κ3) is 3.86. The summed E-state index contributed by atoms with van der Waals surface area (Å²) in [4.78, 5) is 39.4. The number of esters is 1. The Kier molecular flexibility index (Phi) is 5.06. The Labute approximate surface area is 166 Å². The van der Waals surface area contributed by atoms with Gasteiger partial charge in [0.15, 0.2) is 5.58 Å². The number of aromatic nitrogens is 1. The lowest BCUT2D eigenvalue weighted by atomic mass is 9.96. The van der Waals surface area contributed by atoms with E-state index in [1.54, 1.807) is 18.5 Å². The third-order valence-corrected chi connectivity index (χ3v) is 5.47. The summed E-state index contributed by atoms with van der Waals surface area (Å²) in [7, 11) is 0. The summed E-state index contributed by atoms with van der Waals surface area (Å²) >= 11 is 0. The van der Waals surface area contributed by atoms with E-state index in [1.807, 2.05) is 6.92 Å². The van der Waals surface area contributed by atoms with Crippen LogP contribution in [0.5, 0.6) is 0 Å². The molecule has 4 heterocycles. The highest BCUT2D eigenvalue weighted by molar-refractivity contribution is 5.96. The third-order valence-electron chi connectivity index (χ3n) is 5.47. The van der Waals surface area contributed by atoms with Crippen molar-refractivity contribution in [2.45, 2.75) is 25.5 Å². The zero-order chi connectivity index (χ0) is 20.5. The van der Waals surface area contributed by atoms with Gasteiger partial charge in [0.05, 0.1) is 37.0 Å². The van der Waals surface area contributed by atoms with Crippen molar-refractivity contribution < 1.29 is 28.6 Å². The molecule has 2 bridgehead atoms. The van der Waals surface area contributed by atoms with E-state index in [9.17, 15) is 14.4 Å². The molecule has 2 fully saturated rings. The van der Waals surface area contributed by atoms with Gasteiger partial charge < -0.3 is 24.4 Å². The Bertz CT molecular complexity index is 997. The highest BCUT2D eigenvalue weighted by Crippen LogP contribution is 2.31. The van der Waals surface area contributed by atoms with E-state index in [1.165, 1.54) is 0 Å². The van der Waals surface area contributed by atoms with Crippen molar-refractivity contribution in [2.75, 3.05) is 19.6 Å². The van der Waals surface area contributed by atoms with Crippen molar-refractivity contribution in [2.24, 2.45) is 5.92 Å². The number of ether oxygens (including phenoxy) is 1. The number of carboxylic acids is 1. The number of carbonyl (C=O) groups is 2. The van der Waals surface area contributed by atoms with E-state index in [2.05, 4.69) is 15.2 Å². The molecular weight excluding hydrogens is 378 g/mol. The lowest BCUT2D eigenvalue weighted by Crippen LogP contribution is -2.49. The second kappa shape index (κ2) is 7.67. The quantitative estimate of drug-likeness (QED) is 0.420. The Balaban J connectivity index is 1.42. The maximum atomic E-state index is 12.8. The minimum atomic E-state index is -1.17. The zero-order valence-electron chi connectivity index (χ0n) is 15.9. The Morgan fingerprint density at radius 2 is 2.24 bits per heavy atom. The molecule has 1 amide bonds. The van der Waals surface area contributed by atoms with E-state index in [4.69, 9.17) is 14.3 Å². The van der Waals surface area contributed by atoms with Gasteiger partial charge >= 0.3 is 11.9 Å². The van der Waals surface area contributed by atoms with Crippen LogP contribution in [-0.2, 0) is 16.0 Å². The standard InChI is InChI=1S/C20H21N3O6/c1-2-11-10-28-16-6-21-14(5-12(11)16)20(27)22-15-8-23-7-13(15)17(9-23)29-19(26)4-3-18(24)25/h3-6,10,13,15,17H,2,7-9H2,1H3,(H,22,27)(H,24,25)/p+1/b4-3+. The molecule has 9 nitrogen and oxygen atoms in total. The minimum absolute atomic E-state index is 0.0109. The predicted molar refractivity (Wildman–Crippen MR) is 103 cm³/mol. The normalized spacial score (nSPS) is 25.6. The van der Waals surface area contributed by atoms with Crippen LogP contribution in [-0.4, -0.2) is 69.4 Å². The number of fused-ring (bicyclic) bond motifs is 3. The summed E-state index contributed by atoms with van der Waals surface area (Å²) in [6.45, 7) is 4.06. The van der Waals surface area contributed by atoms with Gasteiger partial charge in [0, 0.05) is 24.6 Å². The fourth-order valence-corrected chi connectivity index (χ4v) is 4.07. The van der Waals surface area contributed by atoms with E-state index < -0.39 is 11.9 Å². The van der Waals surface area contributed by atoms with Crippen LogP contribution < -0.4 is 5.32 Å². The van der Waals surface area contributed by atoms with Crippen molar-refractivity contribution in [1.82, 2.24) is 15.2 Å². The van der Waals surface area contributed by atoms with Gasteiger partial charge in [0.25, 0.3) is 5.91 Å². The summed E-state index contributed by atoms with van der Waals surface area (Å²) in [5, 5.41) is 12.5. The lowest BCUT2D eigenvalue weighted by Gasteiger charge is -2.26. The highest BCUT2D eigenvalue weighted by atomic mass is 16.5. The van der Waals surface area contributed by atoms with E-state index in [-0.39, 0.29) is 24.0 Å². The second-order valence-electron chi connectivity index (χ2n) is 7.31. The van der Waals surface area contributed by atoms with Crippen molar-refractivity contribution in [1.29, 1.82) is 0 Å². The molecule has 2 saturated heterocycles. The van der Waals surface area contributed by atoms with E-state index in [0.29, 0.717) is 24.4 Å². The van der Waals surface area contributed by atoms with Crippen LogP contribution in [0.25, 0.3) is 11.0 Å². The molecule has 0 aliphatic carbocycles. The smallest absolute Gasteiger partial charge is 0.478 e. The molecule has 3 N–H and O–H groups in total. The summed E-state index contributed by atoms with van der Waals surface area (Å²) in [6.07, 6.45) is 5.52. The number of amides is 1. The van der Waals surface area contributed by atoms with Gasteiger partial charge in [-0.25, -0.2) is 9.78 Å². The van der Waals surface area contributed by atoms with Crippen LogP contribution in [0.15, 0.2) is 35.1 Å². The summed E-state index contributed by atoms with van der Waals surface area (Å²) in [5.74, 6) is -1.90. The Morgan fingerprint density at radius 1 is 1.41 bits per heavy atom. The number of hydrogen-bond acceptors (Lipinski definition) is 6. The Hall–Kier alpha value is -3.20. The number of aliphatic carboxylic acids is 1. The fourth-order valence-electron chi connectivity index (χ4n) is 4.07. The first-order valence-electron chi connectivity index (χ1n) is 9.47. The van der Waals surface area contributed by atoms with Gasteiger partial charge in [-0.05, 0) is 18.1 Å². The maximum Gasteiger partial charge on any atom is 0.510 e. The first-order valence-corrected chi connectivity index (χ1v) is 9.47. The molecule has 0 saturated carbocycles. The van der Waals surface area contributed by atoms with E-state index >= 15 is 0 Å². The predicted octanol–water partition coefficient (Wildman–Crippen LogP) is 0.962. The number of pyridine rings is 1. The summed E-state index contributed by atoms with van der Waals surface area (Å²) in [5.41, 5.74) is 2.00. The van der Waals surface area contributed by atoms with Crippen molar-refractivity contribution in [3.63, 3.8) is 0 Å². The molecule has 0 spiro atoms. The molecule has 2 aliphatic rings. The lowest BCUT2D eigenvalue weighted by molar-refractivity contribution is -0.131. The van der Waals surface area contributed by atoms with Crippen LogP contribution >= 0.6 is 0 Å². The number of aryl methyl sites for hydroxylation is 1. The van der Waals surface area contributed by atoms with Crippen molar-refractivity contribution in [3.8, 4) is 0 Å². The second-order valence-corrected chi connectivity index (χ2v) is 7.31. The number of carboxylic acid groups (broad SMARTS) is 1. The average molecular weight is 400 g/mol. The number of carbonyl (C=O) groups excluding carboxylic acids is 2. The highest BCUT2D eigenvalue weighted by Gasteiger charge is 2.50. The van der Waals surface area contributed by atoms with Crippen molar-refractivity contribution >= 4 is 28.8 Å². The van der Waals surface area contributed by atoms with Gasteiger partial charge in [0.1, 0.15) is 5.69 Å². The number of nitrogens with one attached hydrogen (secondary N) is 1. The van der Waals surface area contributed by atoms with Gasteiger partial charge in [-0.3, -0.25) is 9.69 Å². The molecule has 0 radical (unpaired) electrons. The zero-order valence-corrected chi connectivity index (χ0v) is 15.9. The van der Waals surface area contributed by atoms with Gasteiger partial charge in [-0.1, -0.05) is 6.92 Å². The van der Waals surface area contributed by atoms with Crippen LogP contribution in [0.2, 0.25) is 0 Å². The average Bonchev–Trinajstić information content (AvgIpc) is 3.39. The number of furan rings is 1. The number of piperidine rings is 1. The summed E-state index contributed by atoms with van der Waals surface area (Å²) < 4.78 is 10.9. The van der Waals surface area contributed by atoms with E-state index in [0.717, 1.165) is 36.1 Å². The van der Waals surface area contributed by atoms with Crippen LogP contribution in [0, 0.1) is 5.92 Å². The molecule has 152 valence electrons. The Morgan fingerprint density at radius 3 is 2.97 bits per heavy atom. The van der Waals surface area contributed by atoms with Crippen LogP contribution in [0.1, 0.15) is 23.0 Å². The first-order chi connectivity index (χ1) is 13.9. The summed E-state index contributed by atoms with van der Waals surface area (Å²) in [6, 6.07) is 1.59. The van der Waals surface area contributed by atoms with Crippen LogP contribution in [0.3, 0.4) is 0 Å². The minimum Gasteiger partial charge on any atom is -0.478 e. The first kappa shape index (κ1) is 19.1. The fraction of sp³-hybridized carbons (Fsp3) is 0.400.